The van der Waals surface area contributed by atoms with Crippen molar-refractivity contribution in [3.63, 3.8) is 0 Å². The first-order chi connectivity index (χ1) is 7.33. The summed E-state index contributed by atoms with van der Waals surface area (Å²) in [5, 5.41) is 0. The van der Waals surface area contributed by atoms with E-state index < -0.39 is 0 Å². The van der Waals surface area contributed by atoms with Crippen LogP contribution in [0.15, 0.2) is 24.3 Å². The van der Waals surface area contributed by atoms with Crippen molar-refractivity contribution in [2.45, 2.75) is 0 Å². The van der Waals surface area contributed by atoms with E-state index in [0.717, 1.165) is 11.4 Å². The lowest BCUT2D eigenvalue weighted by molar-refractivity contribution is 0.140. The van der Waals surface area contributed by atoms with Gasteiger partial charge in [0.15, 0.2) is 0 Å². The van der Waals surface area contributed by atoms with Crippen LogP contribution in [0.2, 0.25) is 0 Å². The van der Waals surface area contributed by atoms with Gasteiger partial charge in [-0.2, -0.15) is 0 Å². The third-order valence-corrected chi connectivity index (χ3v) is 2.00. The molecule has 4 heteroatoms. The Morgan fingerprint density at radius 2 is 1.60 bits per heavy atom. The average molecular weight is 211 g/mol. The quantitative estimate of drug-likeness (QED) is 0.670. The van der Waals surface area contributed by atoms with E-state index >= 15 is 0 Å². The number of hydrogen-bond donors (Lipinski definition) is 0. The van der Waals surface area contributed by atoms with Crippen LogP contribution in [0.3, 0.4) is 0 Å². The monoisotopic (exact) mass is 211 g/mol. The molecule has 0 atom stereocenters. The summed E-state index contributed by atoms with van der Waals surface area (Å²) in [6, 6.07) is 7.76. The SMILES string of the molecule is COCN(COC)c1ccccc1OC. The number of para-hydroxylation sites is 2. The standard InChI is InChI=1S/C11H17NO3/c1-13-8-12(9-14-2)10-6-4-5-7-11(10)15-3/h4-7H,8-9H2,1-3H3. The van der Waals surface area contributed by atoms with Gasteiger partial charge >= 0.3 is 0 Å². The highest BCUT2D eigenvalue weighted by atomic mass is 16.5. The van der Waals surface area contributed by atoms with Crippen LogP contribution in [-0.4, -0.2) is 34.8 Å². The molecule has 0 aliphatic heterocycles. The molecule has 1 aromatic carbocycles. The first kappa shape index (κ1) is 11.8. The molecule has 0 aromatic heterocycles. The highest BCUT2D eigenvalue weighted by Gasteiger charge is 2.10. The summed E-state index contributed by atoms with van der Waals surface area (Å²) in [4.78, 5) is 1.94. The molecule has 0 spiro atoms. The van der Waals surface area contributed by atoms with Crippen molar-refractivity contribution >= 4 is 5.69 Å². The minimum atomic E-state index is 0.466. The molecule has 0 heterocycles. The van der Waals surface area contributed by atoms with E-state index in [0.29, 0.717) is 13.5 Å². The van der Waals surface area contributed by atoms with Crippen LogP contribution in [0.5, 0.6) is 5.75 Å². The Morgan fingerprint density at radius 3 is 2.13 bits per heavy atom. The van der Waals surface area contributed by atoms with Gasteiger partial charge in [-0.15, -0.1) is 0 Å². The normalized spacial score (nSPS) is 10.1. The predicted octanol–water partition coefficient (Wildman–Crippen LogP) is 1.71. The molecule has 0 aliphatic carbocycles. The van der Waals surface area contributed by atoms with E-state index in [9.17, 15) is 0 Å². The zero-order valence-electron chi connectivity index (χ0n) is 9.40. The molecule has 0 fully saturated rings. The number of methoxy groups -OCH3 is 3. The van der Waals surface area contributed by atoms with Crippen molar-refractivity contribution in [3.8, 4) is 5.75 Å². The van der Waals surface area contributed by atoms with Crippen molar-refractivity contribution in [1.82, 2.24) is 0 Å². The minimum absolute atomic E-state index is 0.466. The van der Waals surface area contributed by atoms with E-state index in [4.69, 9.17) is 14.2 Å². The Bertz CT molecular complexity index is 285. The first-order valence-electron chi connectivity index (χ1n) is 4.69. The molecule has 0 radical (unpaired) electrons. The van der Waals surface area contributed by atoms with Crippen molar-refractivity contribution < 1.29 is 14.2 Å². The Balaban J connectivity index is 2.88. The average Bonchev–Trinajstić information content (AvgIpc) is 2.29. The molecule has 15 heavy (non-hydrogen) atoms. The molecule has 0 unspecified atom stereocenters. The number of nitrogens with zero attached hydrogens (tertiary/aromatic N) is 1. The van der Waals surface area contributed by atoms with Crippen molar-refractivity contribution in [2.75, 3.05) is 39.7 Å². The Labute approximate surface area is 90.4 Å². The summed E-state index contributed by atoms with van der Waals surface area (Å²) >= 11 is 0. The van der Waals surface area contributed by atoms with Gasteiger partial charge in [-0.1, -0.05) is 12.1 Å². The van der Waals surface area contributed by atoms with E-state index in [2.05, 4.69) is 0 Å². The van der Waals surface area contributed by atoms with Crippen molar-refractivity contribution in [2.24, 2.45) is 0 Å². The fourth-order valence-electron chi connectivity index (χ4n) is 1.38. The van der Waals surface area contributed by atoms with Crippen LogP contribution in [-0.2, 0) is 9.47 Å². The lowest BCUT2D eigenvalue weighted by Crippen LogP contribution is -2.28. The van der Waals surface area contributed by atoms with Crippen LogP contribution in [0, 0.1) is 0 Å². The number of anilines is 1. The summed E-state index contributed by atoms with van der Waals surface area (Å²) in [5.41, 5.74) is 0.962. The molecule has 1 rings (SSSR count). The van der Waals surface area contributed by atoms with Crippen LogP contribution in [0.1, 0.15) is 0 Å². The molecule has 84 valence electrons. The summed E-state index contributed by atoms with van der Waals surface area (Å²) < 4.78 is 15.5. The van der Waals surface area contributed by atoms with Crippen LogP contribution < -0.4 is 9.64 Å². The first-order valence-corrected chi connectivity index (χ1v) is 4.69. The van der Waals surface area contributed by atoms with Gasteiger partial charge < -0.3 is 19.1 Å². The predicted molar refractivity (Wildman–Crippen MR) is 59.2 cm³/mol. The van der Waals surface area contributed by atoms with E-state index in [1.807, 2.05) is 29.2 Å². The zero-order chi connectivity index (χ0) is 11.1. The van der Waals surface area contributed by atoms with E-state index in [1.54, 1.807) is 21.3 Å². The number of ether oxygens (including phenoxy) is 3. The van der Waals surface area contributed by atoms with Gasteiger partial charge in [-0.25, -0.2) is 0 Å². The van der Waals surface area contributed by atoms with Gasteiger partial charge in [0.05, 0.1) is 12.8 Å². The molecule has 0 N–H and O–H groups in total. The summed E-state index contributed by atoms with van der Waals surface area (Å²) in [6.45, 7) is 0.933. The third kappa shape index (κ3) is 3.11. The van der Waals surface area contributed by atoms with Gasteiger partial charge in [0, 0.05) is 14.2 Å². The maximum absolute atomic E-state index is 5.27. The molecular formula is C11H17NO3. The second-order valence-corrected chi connectivity index (χ2v) is 3.05. The maximum Gasteiger partial charge on any atom is 0.142 e. The highest BCUT2D eigenvalue weighted by molar-refractivity contribution is 5.57. The van der Waals surface area contributed by atoms with Gasteiger partial charge in [-0.05, 0) is 12.1 Å². The maximum atomic E-state index is 5.27. The Morgan fingerprint density at radius 1 is 1.00 bits per heavy atom. The third-order valence-electron chi connectivity index (χ3n) is 2.00. The van der Waals surface area contributed by atoms with Crippen molar-refractivity contribution in [1.29, 1.82) is 0 Å². The second-order valence-electron chi connectivity index (χ2n) is 3.05. The van der Waals surface area contributed by atoms with Gasteiger partial charge in [0.2, 0.25) is 0 Å². The van der Waals surface area contributed by atoms with Crippen molar-refractivity contribution in [3.05, 3.63) is 24.3 Å². The fourth-order valence-corrected chi connectivity index (χ4v) is 1.38. The largest absolute Gasteiger partial charge is 0.495 e. The molecule has 1 aromatic rings. The van der Waals surface area contributed by atoms with Gasteiger partial charge in [0.1, 0.15) is 19.2 Å². The molecule has 0 saturated heterocycles. The summed E-state index contributed by atoms with van der Waals surface area (Å²) in [7, 11) is 4.95. The van der Waals surface area contributed by atoms with Gasteiger partial charge in [-0.3, -0.25) is 0 Å². The molecule has 0 bridgehead atoms. The van der Waals surface area contributed by atoms with E-state index in [1.165, 1.54) is 0 Å². The second kappa shape index (κ2) is 6.27. The lowest BCUT2D eigenvalue weighted by Gasteiger charge is -2.24. The fraction of sp³-hybridized carbons (Fsp3) is 0.455. The number of hydrogen-bond acceptors (Lipinski definition) is 4. The summed E-state index contributed by atoms with van der Waals surface area (Å²) in [6.07, 6.45) is 0. The minimum Gasteiger partial charge on any atom is -0.495 e. The molecule has 0 aliphatic rings. The topological polar surface area (TPSA) is 30.9 Å². The number of benzene rings is 1. The molecular weight excluding hydrogens is 194 g/mol. The Hall–Kier alpha value is -1.26. The number of rotatable bonds is 6. The van der Waals surface area contributed by atoms with E-state index in [-0.39, 0.29) is 0 Å². The van der Waals surface area contributed by atoms with Gasteiger partial charge in [0.25, 0.3) is 0 Å². The van der Waals surface area contributed by atoms with Crippen LogP contribution >= 0.6 is 0 Å². The molecule has 0 amide bonds. The van der Waals surface area contributed by atoms with Crippen LogP contribution in [0.25, 0.3) is 0 Å². The lowest BCUT2D eigenvalue weighted by atomic mass is 10.3. The smallest absolute Gasteiger partial charge is 0.142 e. The summed E-state index contributed by atoms with van der Waals surface area (Å²) in [5.74, 6) is 0.812. The zero-order valence-corrected chi connectivity index (χ0v) is 9.40. The Kier molecular flexibility index (Phi) is 4.93. The molecule has 4 nitrogen and oxygen atoms in total. The highest BCUT2D eigenvalue weighted by Crippen LogP contribution is 2.27. The molecule has 0 saturated carbocycles. The van der Waals surface area contributed by atoms with Crippen LogP contribution in [0.4, 0.5) is 5.69 Å².